The van der Waals surface area contributed by atoms with Crippen molar-refractivity contribution in [3.8, 4) is 0 Å². The lowest BCUT2D eigenvalue weighted by Crippen LogP contribution is -2.40. The van der Waals surface area contributed by atoms with Gasteiger partial charge in [0.25, 0.3) is 0 Å². The van der Waals surface area contributed by atoms with Crippen LogP contribution in [0.5, 0.6) is 0 Å². The van der Waals surface area contributed by atoms with Crippen LogP contribution < -0.4 is 4.72 Å². The van der Waals surface area contributed by atoms with E-state index < -0.39 is 27.9 Å². The number of benzene rings is 1. The lowest BCUT2D eigenvalue weighted by molar-refractivity contribution is -0.137. The van der Waals surface area contributed by atoms with E-state index in [1.807, 2.05) is 0 Å². The van der Waals surface area contributed by atoms with Crippen LogP contribution in [0.4, 0.5) is 0 Å². The first-order valence-electron chi connectivity index (χ1n) is 5.81. The summed E-state index contributed by atoms with van der Waals surface area (Å²) in [5.74, 6) is -0.929. The van der Waals surface area contributed by atoms with Crippen LogP contribution in [0.25, 0.3) is 0 Å². The summed E-state index contributed by atoms with van der Waals surface area (Å²) in [6.07, 6.45) is -0.149. The van der Waals surface area contributed by atoms with Gasteiger partial charge in [0.2, 0.25) is 21.8 Å². The average Bonchev–Trinajstić information content (AvgIpc) is 2.60. The molecule has 2 rings (SSSR count). The van der Waals surface area contributed by atoms with Gasteiger partial charge in [-0.1, -0.05) is 15.9 Å². The van der Waals surface area contributed by atoms with Crippen LogP contribution in [0.2, 0.25) is 0 Å². The number of hydrogen-bond donors (Lipinski definition) is 1. The number of hydrogen-bond acceptors (Lipinski definition) is 4. The molecule has 1 aromatic rings. The third-order valence-electron chi connectivity index (χ3n) is 3.12. The third-order valence-corrected chi connectivity index (χ3v) is 5.48. The highest BCUT2D eigenvalue weighted by molar-refractivity contribution is 9.10. The first kappa shape index (κ1) is 15.1. The standard InChI is InChI=1S/C12H13BrN2O4S/c1-7-5-8(3-4-9(7)13)20(18,19)14-10-6-11(16)15(2)12(10)17/h3-5,10,14H,6H2,1-2H3. The molecule has 1 unspecified atom stereocenters. The van der Waals surface area contributed by atoms with Crippen LogP contribution in [-0.2, 0) is 19.6 Å². The highest BCUT2D eigenvalue weighted by Gasteiger charge is 2.38. The molecule has 1 saturated heterocycles. The summed E-state index contributed by atoms with van der Waals surface area (Å²) < 4.78 is 27.5. The van der Waals surface area contributed by atoms with E-state index in [9.17, 15) is 18.0 Å². The van der Waals surface area contributed by atoms with E-state index in [4.69, 9.17) is 0 Å². The van der Waals surface area contributed by atoms with E-state index in [2.05, 4.69) is 20.7 Å². The second-order valence-corrected chi connectivity index (χ2v) is 7.15. The van der Waals surface area contributed by atoms with E-state index in [-0.39, 0.29) is 11.3 Å². The van der Waals surface area contributed by atoms with Crippen LogP contribution >= 0.6 is 15.9 Å². The molecular formula is C12H13BrN2O4S. The molecule has 1 aliphatic rings. The number of nitrogens with zero attached hydrogens (tertiary/aromatic N) is 1. The predicted octanol–water partition coefficient (Wildman–Crippen LogP) is 0.793. The molecule has 20 heavy (non-hydrogen) atoms. The molecule has 1 heterocycles. The van der Waals surface area contributed by atoms with Crippen LogP contribution in [0, 0.1) is 6.92 Å². The van der Waals surface area contributed by atoms with E-state index in [0.717, 1.165) is 14.9 Å². The Balaban J connectivity index is 2.26. The van der Waals surface area contributed by atoms with Crippen molar-refractivity contribution in [1.29, 1.82) is 0 Å². The molecule has 1 atom stereocenters. The first-order chi connectivity index (χ1) is 9.22. The molecule has 6 nitrogen and oxygen atoms in total. The van der Waals surface area contributed by atoms with Gasteiger partial charge in [0, 0.05) is 11.5 Å². The van der Waals surface area contributed by atoms with Crippen molar-refractivity contribution in [3.05, 3.63) is 28.2 Å². The molecule has 0 bridgehead atoms. The summed E-state index contributed by atoms with van der Waals surface area (Å²) in [6, 6.07) is 3.53. The van der Waals surface area contributed by atoms with Gasteiger partial charge in [-0.2, -0.15) is 4.72 Å². The SMILES string of the molecule is Cc1cc(S(=O)(=O)NC2CC(=O)N(C)C2=O)ccc1Br. The largest absolute Gasteiger partial charge is 0.284 e. The Morgan fingerprint density at radius 3 is 2.50 bits per heavy atom. The maximum atomic E-state index is 12.2. The summed E-state index contributed by atoms with van der Waals surface area (Å²) >= 11 is 3.29. The summed E-state index contributed by atoms with van der Waals surface area (Å²) in [5.41, 5.74) is 0.763. The number of likely N-dealkylation sites (tertiary alicyclic amines) is 1. The molecule has 0 aromatic heterocycles. The number of likely N-dealkylation sites (N-methyl/N-ethyl adjacent to an activating group) is 1. The predicted molar refractivity (Wildman–Crippen MR) is 75.4 cm³/mol. The zero-order chi connectivity index (χ0) is 15.1. The maximum absolute atomic E-state index is 12.2. The van der Waals surface area contributed by atoms with E-state index in [1.165, 1.54) is 19.2 Å². The van der Waals surface area contributed by atoms with Crippen molar-refractivity contribution in [1.82, 2.24) is 9.62 Å². The number of aryl methyl sites for hydroxylation is 1. The molecule has 8 heteroatoms. The van der Waals surface area contributed by atoms with Gasteiger partial charge in [0.15, 0.2) is 0 Å². The van der Waals surface area contributed by atoms with Crippen LogP contribution in [-0.4, -0.2) is 38.2 Å². The molecular weight excluding hydrogens is 348 g/mol. The van der Waals surface area contributed by atoms with Gasteiger partial charge in [-0.3, -0.25) is 14.5 Å². The molecule has 1 fully saturated rings. The lowest BCUT2D eigenvalue weighted by atomic mass is 10.2. The quantitative estimate of drug-likeness (QED) is 0.807. The molecule has 0 aliphatic carbocycles. The monoisotopic (exact) mass is 360 g/mol. The van der Waals surface area contributed by atoms with E-state index >= 15 is 0 Å². The van der Waals surface area contributed by atoms with Crippen LogP contribution in [0.3, 0.4) is 0 Å². The first-order valence-corrected chi connectivity index (χ1v) is 8.09. The highest BCUT2D eigenvalue weighted by Crippen LogP contribution is 2.21. The molecule has 0 radical (unpaired) electrons. The Bertz CT molecular complexity index is 687. The van der Waals surface area contributed by atoms with Crippen molar-refractivity contribution in [2.24, 2.45) is 0 Å². The summed E-state index contributed by atoms with van der Waals surface area (Å²) in [6.45, 7) is 1.77. The van der Waals surface area contributed by atoms with Crippen LogP contribution in [0.15, 0.2) is 27.6 Å². The number of sulfonamides is 1. The van der Waals surface area contributed by atoms with Gasteiger partial charge in [-0.25, -0.2) is 8.42 Å². The second-order valence-electron chi connectivity index (χ2n) is 4.58. The van der Waals surface area contributed by atoms with Gasteiger partial charge >= 0.3 is 0 Å². The molecule has 1 aliphatic heterocycles. The third kappa shape index (κ3) is 2.77. The number of amides is 2. The summed E-state index contributed by atoms with van der Waals surface area (Å²) in [4.78, 5) is 24.1. The van der Waals surface area contributed by atoms with Crippen molar-refractivity contribution in [3.63, 3.8) is 0 Å². The molecule has 1 N–H and O–H groups in total. The molecule has 1 aromatic carbocycles. The van der Waals surface area contributed by atoms with Crippen molar-refractivity contribution in [2.45, 2.75) is 24.3 Å². The van der Waals surface area contributed by atoms with Gasteiger partial charge < -0.3 is 0 Å². The smallest absolute Gasteiger partial charge is 0.247 e. The number of imide groups is 1. The van der Waals surface area contributed by atoms with E-state index in [0.29, 0.717) is 0 Å². The molecule has 2 amide bonds. The molecule has 0 saturated carbocycles. The summed E-state index contributed by atoms with van der Waals surface area (Å²) in [7, 11) is -2.50. The van der Waals surface area contributed by atoms with Crippen molar-refractivity contribution >= 4 is 37.8 Å². The summed E-state index contributed by atoms with van der Waals surface area (Å²) in [5, 5.41) is 0. The normalized spacial score (nSPS) is 19.8. The van der Waals surface area contributed by atoms with Crippen LogP contribution in [0.1, 0.15) is 12.0 Å². The molecule has 0 spiro atoms. The fraction of sp³-hybridized carbons (Fsp3) is 0.333. The minimum Gasteiger partial charge on any atom is -0.284 e. The fourth-order valence-corrected chi connectivity index (χ4v) is 3.41. The Hall–Kier alpha value is -1.25. The van der Waals surface area contributed by atoms with Gasteiger partial charge in [-0.15, -0.1) is 0 Å². The molecule has 108 valence electrons. The van der Waals surface area contributed by atoms with Gasteiger partial charge in [0.05, 0.1) is 11.3 Å². The van der Waals surface area contributed by atoms with Gasteiger partial charge in [0.1, 0.15) is 6.04 Å². The minimum absolute atomic E-state index is 0.0630. The number of rotatable bonds is 3. The highest BCUT2D eigenvalue weighted by atomic mass is 79.9. The Morgan fingerprint density at radius 1 is 1.35 bits per heavy atom. The lowest BCUT2D eigenvalue weighted by Gasteiger charge is -2.12. The zero-order valence-electron chi connectivity index (χ0n) is 10.9. The van der Waals surface area contributed by atoms with E-state index in [1.54, 1.807) is 13.0 Å². The number of nitrogens with one attached hydrogen (secondary N) is 1. The van der Waals surface area contributed by atoms with Crippen molar-refractivity contribution < 1.29 is 18.0 Å². The Morgan fingerprint density at radius 2 is 2.00 bits per heavy atom. The number of carbonyl (C=O) groups is 2. The Labute approximate surface area is 125 Å². The van der Waals surface area contributed by atoms with Gasteiger partial charge in [-0.05, 0) is 30.7 Å². The van der Waals surface area contributed by atoms with Crippen molar-refractivity contribution in [2.75, 3.05) is 7.05 Å². The number of halogens is 1. The average molecular weight is 361 g/mol. The number of carbonyl (C=O) groups excluding carboxylic acids is 2. The minimum atomic E-state index is -3.83. The topological polar surface area (TPSA) is 83.6 Å². The Kier molecular flexibility index (Phi) is 3.99. The zero-order valence-corrected chi connectivity index (χ0v) is 13.3. The second kappa shape index (κ2) is 5.27. The fourth-order valence-electron chi connectivity index (χ4n) is 1.89. The maximum Gasteiger partial charge on any atom is 0.247 e.